The van der Waals surface area contributed by atoms with Gasteiger partial charge in [-0.05, 0) is 61.2 Å². The van der Waals surface area contributed by atoms with E-state index in [-0.39, 0.29) is 18.6 Å². The third-order valence-corrected chi connectivity index (χ3v) is 5.58. The smallest absolute Gasteiger partial charge is 0.258 e. The number of aryl methyl sites for hydroxylation is 2. The summed E-state index contributed by atoms with van der Waals surface area (Å²) in [4.78, 5) is 12.4. The third kappa shape index (κ3) is 5.39. The number of nitrogens with one attached hydrogen (secondary N) is 1. The molecular weight excluding hydrogens is 410 g/mol. The minimum atomic E-state index is -0.171. The summed E-state index contributed by atoms with van der Waals surface area (Å²) in [5, 5.41) is 3.01. The number of rotatable bonds is 8. The molecule has 2 rings (SSSR count). The summed E-state index contributed by atoms with van der Waals surface area (Å²) in [6.45, 7) is 5.97. The number of amides is 1. The van der Waals surface area contributed by atoms with E-state index in [0.717, 1.165) is 27.6 Å². The van der Waals surface area contributed by atoms with Crippen molar-refractivity contribution in [3.63, 3.8) is 0 Å². The van der Waals surface area contributed by atoms with Crippen molar-refractivity contribution in [3.8, 4) is 17.2 Å². The van der Waals surface area contributed by atoms with Gasteiger partial charge < -0.3 is 19.5 Å². The van der Waals surface area contributed by atoms with Crippen molar-refractivity contribution in [3.05, 3.63) is 51.5 Å². The molecule has 0 aliphatic heterocycles. The van der Waals surface area contributed by atoms with Gasteiger partial charge in [0.05, 0.1) is 20.3 Å². The highest BCUT2D eigenvalue weighted by atomic mass is 79.9. The van der Waals surface area contributed by atoms with Crippen molar-refractivity contribution >= 4 is 21.8 Å². The Kier molecular flexibility index (Phi) is 7.54. The minimum Gasteiger partial charge on any atom is -0.493 e. The Morgan fingerprint density at radius 2 is 1.70 bits per heavy atom. The average molecular weight is 436 g/mol. The standard InChI is InChI=1S/C21H26BrNO4/c1-6-17(15-7-8-18(25-4)19(11-15)26-5)23-20(24)12-27-16-9-13(2)21(22)14(3)10-16/h7-11,17H,6,12H2,1-5H3,(H,23,24). The molecule has 0 spiro atoms. The van der Waals surface area contributed by atoms with Crippen LogP contribution in [0, 0.1) is 13.8 Å². The second-order valence-corrected chi connectivity index (χ2v) is 7.10. The van der Waals surface area contributed by atoms with E-state index in [1.165, 1.54) is 0 Å². The fourth-order valence-electron chi connectivity index (χ4n) is 2.87. The third-order valence-electron chi connectivity index (χ3n) is 4.33. The zero-order chi connectivity index (χ0) is 20.0. The molecule has 0 saturated carbocycles. The van der Waals surface area contributed by atoms with Crippen LogP contribution in [-0.4, -0.2) is 26.7 Å². The van der Waals surface area contributed by atoms with Gasteiger partial charge >= 0.3 is 0 Å². The van der Waals surface area contributed by atoms with Crippen molar-refractivity contribution in [2.75, 3.05) is 20.8 Å². The quantitative estimate of drug-likeness (QED) is 0.650. The molecule has 5 nitrogen and oxygen atoms in total. The molecule has 2 aromatic carbocycles. The van der Waals surface area contributed by atoms with Gasteiger partial charge in [0.2, 0.25) is 0 Å². The summed E-state index contributed by atoms with van der Waals surface area (Å²) < 4.78 is 17.3. The fourth-order valence-corrected chi connectivity index (χ4v) is 3.09. The Hall–Kier alpha value is -2.21. The van der Waals surface area contributed by atoms with Gasteiger partial charge in [0.1, 0.15) is 5.75 Å². The molecule has 0 aromatic heterocycles. The summed E-state index contributed by atoms with van der Waals surface area (Å²) in [6.07, 6.45) is 0.748. The lowest BCUT2D eigenvalue weighted by atomic mass is 10.0. The molecule has 146 valence electrons. The second kappa shape index (κ2) is 9.65. The van der Waals surface area contributed by atoms with E-state index in [2.05, 4.69) is 21.2 Å². The van der Waals surface area contributed by atoms with Crippen LogP contribution >= 0.6 is 15.9 Å². The van der Waals surface area contributed by atoms with Crippen LogP contribution in [0.1, 0.15) is 36.1 Å². The van der Waals surface area contributed by atoms with E-state index < -0.39 is 0 Å². The highest BCUT2D eigenvalue weighted by Crippen LogP contribution is 2.31. The lowest BCUT2D eigenvalue weighted by Gasteiger charge is -2.19. The number of carbonyl (C=O) groups excluding carboxylic acids is 1. The number of hydrogen-bond acceptors (Lipinski definition) is 4. The van der Waals surface area contributed by atoms with Gasteiger partial charge in [-0.2, -0.15) is 0 Å². The zero-order valence-electron chi connectivity index (χ0n) is 16.4. The molecular formula is C21H26BrNO4. The van der Waals surface area contributed by atoms with E-state index in [0.29, 0.717) is 17.2 Å². The van der Waals surface area contributed by atoms with Crippen LogP contribution in [-0.2, 0) is 4.79 Å². The number of benzene rings is 2. The summed E-state index contributed by atoms with van der Waals surface area (Å²) >= 11 is 3.53. The SMILES string of the molecule is CCC(NC(=O)COc1cc(C)c(Br)c(C)c1)c1ccc(OC)c(OC)c1. The molecule has 0 saturated heterocycles. The summed E-state index contributed by atoms with van der Waals surface area (Å²) in [5.41, 5.74) is 3.10. The fraction of sp³-hybridized carbons (Fsp3) is 0.381. The van der Waals surface area contributed by atoms with Crippen LogP contribution in [0.3, 0.4) is 0 Å². The van der Waals surface area contributed by atoms with Crippen molar-refractivity contribution in [1.82, 2.24) is 5.32 Å². The molecule has 0 radical (unpaired) electrons. The molecule has 1 atom stereocenters. The molecule has 1 unspecified atom stereocenters. The van der Waals surface area contributed by atoms with Gasteiger partial charge in [-0.1, -0.05) is 28.9 Å². The molecule has 0 aliphatic carbocycles. The summed E-state index contributed by atoms with van der Waals surface area (Å²) in [6, 6.07) is 9.35. The Morgan fingerprint density at radius 1 is 1.07 bits per heavy atom. The van der Waals surface area contributed by atoms with Crippen molar-refractivity contribution in [1.29, 1.82) is 0 Å². The molecule has 1 amide bonds. The predicted octanol–water partition coefficient (Wildman–Crippen LogP) is 4.73. The van der Waals surface area contributed by atoms with Crippen LogP contribution in [0.5, 0.6) is 17.2 Å². The van der Waals surface area contributed by atoms with E-state index in [4.69, 9.17) is 14.2 Å². The van der Waals surface area contributed by atoms with Gasteiger partial charge in [0, 0.05) is 4.47 Å². The lowest BCUT2D eigenvalue weighted by Crippen LogP contribution is -2.32. The molecule has 27 heavy (non-hydrogen) atoms. The topological polar surface area (TPSA) is 56.8 Å². The maximum absolute atomic E-state index is 12.4. The highest BCUT2D eigenvalue weighted by Gasteiger charge is 2.16. The minimum absolute atomic E-state index is 0.0374. The van der Waals surface area contributed by atoms with Crippen molar-refractivity contribution in [2.45, 2.75) is 33.2 Å². The predicted molar refractivity (Wildman–Crippen MR) is 110 cm³/mol. The van der Waals surface area contributed by atoms with Crippen LogP contribution in [0.25, 0.3) is 0 Å². The first-order chi connectivity index (χ1) is 12.9. The van der Waals surface area contributed by atoms with E-state index in [1.54, 1.807) is 14.2 Å². The zero-order valence-corrected chi connectivity index (χ0v) is 18.0. The Labute approximate surface area is 169 Å². The Balaban J connectivity index is 2.03. The monoisotopic (exact) mass is 435 g/mol. The van der Waals surface area contributed by atoms with E-state index >= 15 is 0 Å². The van der Waals surface area contributed by atoms with Gasteiger partial charge in [-0.15, -0.1) is 0 Å². The highest BCUT2D eigenvalue weighted by molar-refractivity contribution is 9.10. The van der Waals surface area contributed by atoms with Gasteiger partial charge in [-0.25, -0.2) is 0 Å². The van der Waals surface area contributed by atoms with E-state index in [1.807, 2.05) is 51.1 Å². The second-order valence-electron chi connectivity index (χ2n) is 6.30. The maximum atomic E-state index is 12.4. The van der Waals surface area contributed by atoms with Gasteiger partial charge in [0.25, 0.3) is 5.91 Å². The van der Waals surface area contributed by atoms with Crippen LogP contribution < -0.4 is 19.5 Å². The molecule has 0 fully saturated rings. The lowest BCUT2D eigenvalue weighted by molar-refractivity contribution is -0.123. The first-order valence-electron chi connectivity index (χ1n) is 8.80. The van der Waals surface area contributed by atoms with Crippen LogP contribution in [0.15, 0.2) is 34.8 Å². The normalized spacial score (nSPS) is 11.6. The molecule has 6 heteroatoms. The van der Waals surface area contributed by atoms with Crippen molar-refractivity contribution in [2.24, 2.45) is 0 Å². The number of halogens is 1. The van der Waals surface area contributed by atoms with Crippen LogP contribution in [0.2, 0.25) is 0 Å². The number of ether oxygens (including phenoxy) is 3. The molecule has 2 aromatic rings. The molecule has 1 N–H and O–H groups in total. The molecule has 0 heterocycles. The summed E-state index contributed by atoms with van der Waals surface area (Å²) in [5.74, 6) is 1.81. The number of carbonyl (C=O) groups is 1. The van der Waals surface area contributed by atoms with E-state index in [9.17, 15) is 4.79 Å². The number of hydrogen-bond donors (Lipinski definition) is 1. The molecule has 0 aliphatic rings. The van der Waals surface area contributed by atoms with Gasteiger partial charge in [-0.3, -0.25) is 4.79 Å². The van der Waals surface area contributed by atoms with Crippen molar-refractivity contribution < 1.29 is 19.0 Å². The average Bonchev–Trinajstić information content (AvgIpc) is 2.67. The van der Waals surface area contributed by atoms with Gasteiger partial charge in [0.15, 0.2) is 18.1 Å². The largest absolute Gasteiger partial charge is 0.493 e. The first kappa shape index (κ1) is 21.1. The maximum Gasteiger partial charge on any atom is 0.258 e. The Morgan fingerprint density at radius 3 is 2.26 bits per heavy atom. The summed E-state index contributed by atoms with van der Waals surface area (Å²) in [7, 11) is 3.19. The molecule has 0 bridgehead atoms. The van der Waals surface area contributed by atoms with Crippen LogP contribution in [0.4, 0.5) is 0 Å². The Bertz CT molecular complexity index is 784. The number of methoxy groups -OCH3 is 2. The first-order valence-corrected chi connectivity index (χ1v) is 9.59.